The van der Waals surface area contributed by atoms with Crippen molar-refractivity contribution in [1.29, 1.82) is 0 Å². The Balaban J connectivity index is 1.53. The Morgan fingerprint density at radius 2 is 1.94 bits per heavy atom. The maximum absolute atomic E-state index is 12.6. The Bertz CT molecular complexity index is 892. The summed E-state index contributed by atoms with van der Waals surface area (Å²) < 4.78 is 16.5. The van der Waals surface area contributed by atoms with Crippen molar-refractivity contribution in [3.8, 4) is 11.5 Å². The fraction of sp³-hybridized carbons (Fsp3) is 0.500. The summed E-state index contributed by atoms with van der Waals surface area (Å²) in [5, 5.41) is 4.02. The van der Waals surface area contributed by atoms with E-state index in [0.717, 1.165) is 42.2 Å². The van der Waals surface area contributed by atoms with Gasteiger partial charge in [0.2, 0.25) is 5.91 Å². The van der Waals surface area contributed by atoms with Gasteiger partial charge in [0.15, 0.2) is 11.5 Å². The normalized spacial score (nSPS) is 15.1. The predicted molar refractivity (Wildman–Crippen MR) is 120 cm³/mol. The van der Waals surface area contributed by atoms with Crippen LogP contribution in [0, 0.1) is 19.8 Å². The summed E-state index contributed by atoms with van der Waals surface area (Å²) in [6.07, 6.45) is 3.46. The molecular weight excluding hydrogens is 394 g/mol. The number of hydrogen-bond acceptors (Lipinski definition) is 6. The summed E-state index contributed by atoms with van der Waals surface area (Å²) in [4.78, 5) is 16.9. The van der Waals surface area contributed by atoms with E-state index < -0.39 is 0 Å². The van der Waals surface area contributed by atoms with Crippen LogP contribution in [0.4, 0.5) is 0 Å². The van der Waals surface area contributed by atoms with Crippen LogP contribution in [0.2, 0.25) is 0 Å². The molecule has 0 spiro atoms. The Morgan fingerprint density at radius 3 is 2.55 bits per heavy atom. The van der Waals surface area contributed by atoms with E-state index in [9.17, 15) is 4.79 Å². The van der Waals surface area contributed by atoms with Crippen molar-refractivity contribution in [3.05, 3.63) is 46.9 Å². The van der Waals surface area contributed by atoms with Crippen LogP contribution in [0.1, 0.15) is 36.4 Å². The van der Waals surface area contributed by atoms with Gasteiger partial charge in [0.25, 0.3) is 0 Å². The zero-order valence-corrected chi connectivity index (χ0v) is 19.2. The number of amides is 1. The average molecular weight is 428 g/mol. The first-order chi connectivity index (χ1) is 14.9. The molecule has 0 unspecified atom stereocenters. The van der Waals surface area contributed by atoms with Gasteiger partial charge in [-0.1, -0.05) is 25.1 Å². The number of carbonyl (C=O) groups excluding carboxylic acids is 1. The summed E-state index contributed by atoms with van der Waals surface area (Å²) in [7, 11) is 1.62. The van der Waals surface area contributed by atoms with E-state index >= 15 is 0 Å². The van der Waals surface area contributed by atoms with E-state index in [2.05, 4.69) is 23.9 Å². The van der Waals surface area contributed by atoms with Gasteiger partial charge in [0.1, 0.15) is 5.76 Å². The van der Waals surface area contributed by atoms with Crippen molar-refractivity contribution in [3.63, 3.8) is 0 Å². The first-order valence-corrected chi connectivity index (χ1v) is 10.8. The second-order valence-electron chi connectivity index (χ2n) is 8.35. The number of aromatic nitrogens is 1. The summed E-state index contributed by atoms with van der Waals surface area (Å²) in [5.74, 6) is 2.72. The minimum Gasteiger partial charge on any atom is -0.493 e. The van der Waals surface area contributed by atoms with Gasteiger partial charge in [0.05, 0.1) is 19.4 Å². The number of carbonyl (C=O) groups is 1. The van der Waals surface area contributed by atoms with Gasteiger partial charge >= 0.3 is 0 Å². The van der Waals surface area contributed by atoms with Crippen molar-refractivity contribution in [1.82, 2.24) is 15.0 Å². The monoisotopic (exact) mass is 427 g/mol. The number of piperazine rings is 1. The molecular formula is C24H33N3O4. The fourth-order valence-corrected chi connectivity index (χ4v) is 3.51. The lowest BCUT2D eigenvalue weighted by Gasteiger charge is -2.34. The molecule has 0 bridgehead atoms. The molecule has 7 nitrogen and oxygen atoms in total. The van der Waals surface area contributed by atoms with Crippen LogP contribution in [-0.4, -0.2) is 60.8 Å². The largest absolute Gasteiger partial charge is 0.493 e. The smallest absolute Gasteiger partial charge is 0.246 e. The second-order valence-corrected chi connectivity index (χ2v) is 8.35. The second kappa shape index (κ2) is 10.5. The molecule has 3 rings (SSSR count). The van der Waals surface area contributed by atoms with Crippen molar-refractivity contribution in [2.45, 2.75) is 34.2 Å². The van der Waals surface area contributed by atoms with E-state index in [1.165, 1.54) is 0 Å². The van der Waals surface area contributed by atoms with Gasteiger partial charge in [-0.15, -0.1) is 0 Å². The Kier molecular flexibility index (Phi) is 7.74. The third-order valence-corrected chi connectivity index (χ3v) is 5.43. The highest BCUT2D eigenvalue weighted by Crippen LogP contribution is 2.29. The van der Waals surface area contributed by atoms with Crippen LogP contribution in [0.3, 0.4) is 0 Å². The molecule has 31 heavy (non-hydrogen) atoms. The molecule has 1 aliphatic rings. The molecule has 0 radical (unpaired) electrons. The Hall–Kier alpha value is -2.80. The molecule has 1 amide bonds. The number of aryl methyl sites for hydroxylation is 2. The maximum Gasteiger partial charge on any atom is 0.246 e. The average Bonchev–Trinajstić information content (AvgIpc) is 3.08. The van der Waals surface area contributed by atoms with E-state index in [1.54, 1.807) is 13.2 Å². The Labute approximate surface area is 184 Å². The predicted octanol–water partition coefficient (Wildman–Crippen LogP) is 3.69. The summed E-state index contributed by atoms with van der Waals surface area (Å²) in [6, 6.07) is 5.71. The zero-order chi connectivity index (χ0) is 22.4. The molecule has 0 aliphatic carbocycles. The quantitative estimate of drug-likeness (QED) is 0.599. The Morgan fingerprint density at radius 1 is 1.19 bits per heavy atom. The van der Waals surface area contributed by atoms with E-state index in [1.807, 2.05) is 43.0 Å². The van der Waals surface area contributed by atoms with E-state index in [4.69, 9.17) is 14.0 Å². The van der Waals surface area contributed by atoms with Gasteiger partial charge in [-0.25, -0.2) is 0 Å². The number of benzene rings is 1. The minimum atomic E-state index is 0.0242. The molecule has 1 aromatic heterocycles. The van der Waals surface area contributed by atoms with Crippen LogP contribution in [0.5, 0.6) is 11.5 Å². The molecule has 0 saturated carbocycles. The molecule has 1 saturated heterocycles. The SMILES string of the molecule is COc1cc(C=CC(=O)N2CCN(Cc3c(C)noc3C)CC2)ccc1OCC(C)C. The molecule has 7 heteroatoms. The zero-order valence-electron chi connectivity index (χ0n) is 19.2. The van der Waals surface area contributed by atoms with Crippen molar-refractivity contribution in [2.75, 3.05) is 39.9 Å². The highest BCUT2D eigenvalue weighted by Gasteiger charge is 2.21. The van der Waals surface area contributed by atoms with E-state index in [-0.39, 0.29) is 5.91 Å². The van der Waals surface area contributed by atoms with Crippen LogP contribution in [0.15, 0.2) is 28.8 Å². The van der Waals surface area contributed by atoms with Crippen LogP contribution < -0.4 is 9.47 Å². The van der Waals surface area contributed by atoms with Gasteiger partial charge in [-0.05, 0) is 43.5 Å². The molecule has 0 atom stereocenters. The van der Waals surface area contributed by atoms with Crippen LogP contribution >= 0.6 is 0 Å². The highest BCUT2D eigenvalue weighted by atomic mass is 16.5. The minimum absolute atomic E-state index is 0.0242. The number of ether oxygens (including phenoxy) is 2. The number of rotatable bonds is 8. The maximum atomic E-state index is 12.6. The lowest BCUT2D eigenvalue weighted by Crippen LogP contribution is -2.47. The van der Waals surface area contributed by atoms with Crippen molar-refractivity contribution >= 4 is 12.0 Å². The third-order valence-electron chi connectivity index (χ3n) is 5.43. The van der Waals surface area contributed by atoms with Gasteiger partial charge in [-0.2, -0.15) is 0 Å². The van der Waals surface area contributed by atoms with Gasteiger partial charge in [-0.3, -0.25) is 9.69 Å². The highest BCUT2D eigenvalue weighted by molar-refractivity contribution is 5.92. The summed E-state index contributed by atoms with van der Waals surface area (Å²) in [6.45, 7) is 12.6. The van der Waals surface area contributed by atoms with Gasteiger partial charge in [0, 0.05) is 44.4 Å². The summed E-state index contributed by atoms with van der Waals surface area (Å²) in [5.41, 5.74) is 2.99. The van der Waals surface area contributed by atoms with E-state index in [0.29, 0.717) is 37.1 Å². The summed E-state index contributed by atoms with van der Waals surface area (Å²) >= 11 is 0. The number of hydrogen-bond donors (Lipinski definition) is 0. The first kappa shape index (κ1) is 22.9. The van der Waals surface area contributed by atoms with Crippen LogP contribution in [-0.2, 0) is 11.3 Å². The van der Waals surface area contributed by atoms with Crippen LogP contribution in [0.25, 0.3) is 6.08 Å². The molecule has 2 aromatic rings. The topological polar surface area (TPSA) is 68.0 Å². The lowest BCUT2D eigenvalue weighted by molar-refractivity contribution is -0.127. The van der Waals surface area contributed by atoms with Gasteiger partial charge < -0.3 is 18.9 Å². The number of nitrogens with zero attached hydrogens (tertiary/aromatic N) is 3. The standard InChI is InChI=1S/C24H33N3O4/c1-17(2)16-30-22-8-6-20(14-23(22)29-5)7-9-24(28)27-12-10-26(11-13-27)15-21-18(3)25-31-19(21)4/h6-9,14,17H,10-13,15-16H2,1-5H3. The molecule has 168 valence electrons. The molecule has 2 heterocycles. The number of methoxy groups -OCH3 is 1. The molecule has 1 aromatic carbocycles. The molecule has 0 N–H and O–H groups in total. The lowest BCUT2D eigenvalue weighted by atomic mass is 10.1. The first-order valence-electron chi connectivity index (χ1n) is 10.8. The van der Waals surface area contributed by atoms with Crippen molar-refractivity contribution in [2.24, 2.45) is 5.92 Å². The fourth-order valence-electron chi connectivity index (χ4n) is 3.51. The molecule has 1 fully saturated rings. The molecule has 1 aliphatic heterocycles. The van der Waals surface area contributed by atoms with Crippen molar-refractivity contribution < 1.29 is 18.8 Å². The third kappa shape index (κ3) is 6.10.